The summed E-state index contributed by atoms with van der Waals surface area (Å²) in [5, 5.41) is 9.28. The second-order valence-corrected chi connectivity index (χ2v) is 11.2. The molecule has 0 bridgehead atoms. The van der Waals surface area contributed by atoms with E-state index in [0.717, 1.165) is 25.3 Å². The summed E-state index contributed by atoms with van der Waals surface area (Å²) >= 11 is 1.87. The largest absolute Gasteiger partial charge is 0.355 e. The third-order valence-corrected chi connectivity index (χ3v) is 9.22. The van der Waals surface area contributed by atoms with Gasteiger partial charge in [0.1, 0.15) is 0 Å². The van der Waals surface area contributed by atoms with Gasteiger partial charge >= 0.3 is 0 Å². The van der Waals surface area contributed by atoms with Gasteiger partial charge in [0.15, 0.2) is 5.96 Å². The van der Waals surface area contributed by atoms with Crippen LogP contribution in [0.3, 0.4) is 0 Å². The molecular weight excluding hydrogens is 519 g/mol. The number of hydrogen-bond donors (Lipinski definition) is 2. The Hall–Kier alpha value is -0.390. The van der Waals surface area contributed by atoms with Crippen LogP contribution in [0.25, 0.3) is 0 Å². The SMILES string of the molecule is CCS(=O)(=O)N1CCC(NC(=NC)NCC2(c3cccs3)CCCCC2)CC1.I. The molecule has 0 unspecified atom stereocenters. The molecule has 2 N–H and O–H groups in total. The van der Waals surface area contributed by atoms with Crippen molar-refractivity contribution in [2.24, 2.45) is 4.99 Å². The summed E-state index contributed by atoms with van der Waals surface area (Å²) in [6, 6.07) is 4.69. The first-order chi connectivity index (χ1) is 13.5. The first kappa shape index (κ1) is 24.9. The lowest BCUT2D eigenvalue weighted by Crippen LogP contribution is -2.52. The van der Waals surface area contributed by atoms with Crippen LogP contribution < -0.4 is 10.6 Å². The maximum Gasteiger partial charge on any atom is 0.213 e. The molecule has 1 aliphatic carbocycles. The molecule has 2 fully saturated rings. The Morgan fingerprint density at radius 1 is 1.28 bits per heavy atom. The Morgan fingerprint density at radius 2 is 1.97 bits per heavy atom. The fourth-order valence-corrected chi connectivity index (χ4v) is 6.54. The van der Waals surface area contributed by atoms with Crippen LogP contribution in [0.2, 0.25) is 0 Å². The van der Waals surface area contributed by atoms with Gasteiger partial charge in [0.2, 0.25) is 10.0 Å². The number of aliphatic imine (C=N–C) groups is 1. The third kappa shape index (κ3) is 6.30. The Kier molecular flexibility index (Phi) is 9.69. The predicted octanol–water partition coefficient (Wildman–Crippen LogP) is 3.55. The highest BCUT2D eigenvalue weighted by molar-refractivity contribution is 14.0. The van der Waals surface area contributed by atoms with E-state index < -0.39 is 10.0 Å². The average Bonchev–Trinajstić information content (AvgIpc) is 3.28. The molecule has 3 rings (SSSR count). The quantitative estimate of drug-likeness (QED) is 0.321. The van der Waals surface area contributed by atoms with E-state index in [1.165, 1.54) is 37.0 Å². The molecule has 166 valence electrons. The van der Waals surface area contributed by atoms with E-state index in [4.69, 9.17) is 0 Å². The normalized spacial score (nSPS) is 21.4. The van der Waals surface area contributed by atoms with Crippen LogP contribution >= 0.6 is 35.3 Å². The Labute approximate surface area is 197 Å². The van der Waals surface area contributed by atoms with Crippen molar-refractivity contribution in [3.05, 3.63) is 22.4 Å². The van der Waals surface area contributed by atoms with Gasteiger partial charge < -0.3 is 10.6 Å². The van der Waals surface area contributed by atoms with Crippen molar-refractivity contribution in [1.29, 1.82) is 0 Å². The summed E-state index contributed by atoms with van der Waals surface area (Å²) in [7, 11) is -1.27. The molecule has 1 aromatic heterocycles. The highest BCUT2D eigenvalue weighted by Gasteiger charge is 2.35. The fraction of sp³-hybridized carbons (Fsp3) is 0.750. The highest BCUT2D eigenvalue weighted by Crippen LogP contribution is 2.41. The zero-order valence-corrected chi connectivity index (χ0v) is 21.5. The van der Waals surface area contributed by atoms with E-state index in [1.807, 2.05) is 18.4 Å². The standard InChI is InChI=1S/C20H34N4O2S2.HI/c1-3-28(25,26)24-13-9-17(10-14-24)23-19(21-2)22-16-20(11-5-4-6-12-20)18-8-7-15-27-18;/h7-8,15,17H,3-6,9-14,16H2,1-2H3,(H2,21,22,23);1H. The lowest BCUT2D eigenvalue weighted by atomic mass is 9.73. The maximum absolute atomic E-state index is 12.0. The predicted molar refractivity (Wildman–Crippen MR) is 133 cm³/mol. The van der Waals surface area contributed by atoms with E-state index in [-0.39, 0.29) is 41.2 Å². The molecule has 0 radical (unpaired) electrons. The van der Waals surface area contributed by atoms with Gasteiger partial charge in [-0.3, -0.25) is 4.99 Å². The number of piperidine rings is 1. The van der Waals surface area contributed by atoms with Gasteiger partial charge in [-0.05, 0) is 44.1 Å². The molecule has 0 amide bonds. The molecule has 0 spiro atoms. The minimum atomic E-state index is -3.08. The van der Waals surface area contributed by atoms with Crippen molar-refractivity contribution in [3.63, 3.8) is 0 Å². The van der Waals surface area contributed by atoms with Gasteiger partial charge in [0.05, 0.1) is 5.75 Å². The monoisotopic (exact) mass is 554 g/mol. The van der Waals surface area contributed by atoms with Gasteiger partial charge in [-0.1, -0.05) is 25.3 Å². The van der Waals surface area contributed by atoms with Gasteiger partial charge in [-0.25, -0.2) is 12.7 Å². The summed E-state index contributed by atoms with van der Waals surface area (Å²) in [6.07, 6.45) is 7.99. The first-order valence-corrected chi connectivity index (χ1v) is 13.0. The van der Waals surface area contributed by atoms with E-state index in [2.05, 4.69) is 33.1 Å². The lowest BCUT2D eigenvalue weighted by Gasteiger charge is -2.38. The number of nitrogens with one attached hydrogen (secondary N) is 2. The Balaban J connectivity index is 0.00000300. The molecule has 2 aliphatic rings. The zero-order valence-electron chi connectivity index (χ0n) is 17.5. The number of halogens is 1. The first-order valence-electron chi connectivity index (χ1n) is 10.5. The van der Waals surface area contributed by atoms with Crippen LogP contribution in [0.4, 0.5) is 0 Å². The highest BCUT2D eigenvalue weighted by atomic mass is 127. The maximum atomic E-state index is 12.0. The molecule has 0 aromatic carbocycles. The molecule has 1 aliphatic heterocycles. The smallest absolute Gasteiger partial charge is 0.213 e. The van der Waals surface area contributed by atoms with Crippen molar-refractivity contribution in [3.8, 4) is 0 Å². The van der Waals surface area contributed by atoms with E-state index in [1.54, 1.807) is 11.2 Å². The van der Waals surface area contributed by atoms with Gasteiger partial charge in [-0.15, -0.1) is 35.3 Å². The van der Waals surface area contributed by atoms with Crippen LogP contribution in [-0.2, 0) is 15.4 Å². The summed E-state index contributed by atoms with van der Waals surface area (Å²) in [5.74, 6) is 1.01. The number of hydrogen-bond acceptors (Lipinski definition) is 4. The van der Waals surface area contributed by atoms with Crippen LogP contribution in [-0.4, -0.2) is 57.2 Å². The Bertz CT molecular complexity index is 739. The fourth-order valence-electron chi connectivity index (χ4n) is 4.42. The average molecular weight is 555 g/mol. The van der Waals surface area contributed by atoms with E-state index >= 15 is 0 Å². The van der Waals surface area contributed by atoms with Gasteiger partial charge in [-0.2, -0.15) is 0 Å². The topological polar surface area (TPSA) is 73.8 Å². The molecule has 6 nitrogen and oxygen atoms in total. The van der Waals surface area contributed by atoms with Crippen LogP contribution in [0, 0.1) is 0 Å². The van der Waals surface area contributed by atoms with Crippen LogP contribution in [0.15, 0.2) is 22.5 Å². The molecule has 1 saturated carbocycles. The Morgan fingerprint density at radius 3 is 2.52 bits per heavy atom. The molecule has 29 heavy (non-hydrogen) atoms. The number of guanidine groups is 1. The third-order valence-electron chi connectivity index (χ3n) is 6.23. The lowest BCUT2D eigenvalue weighted by molar-refractivity contribution is 0.291. The molecule has 0 atom stereocenters. The number of sulfonamides is 1. The van der Waals surface area contributed by atoms with Crippen LogP contribution in [0.5, 0.6) is 0 Å². The van der Waals surface area contributed by atoms with Crippen molar-refractivity contribution >= 4 is 51.3 Å². The van der Waals surface area contributed by atoms with Crippen molar-refractivity contribution in [1.82, 2.24) is 14.9 Å². The minimum absolute atomic E-state index is 0. The minimum Gasteiger partial charge on any atom is -0.355 e. The van der Waals surface area contributed by atoms with Gasteiger partial charge in [0, 0.05) is 43.0 Å². The molecule has 9 heteroatoms. The molecule has 1 aromatic rings. The molecular formula is C20H35IN4O2S2. The number of thiophene rings is 1. The van der Waals surface area contributed by atoms with Crippen LogP contribution in [0.1, 0.15) is 56.7 Å². The summed E-state index contributed by atoms with van der Waals surface area (Å²) in [5.41, 5.74) is 0.211. The van der Waals surface area contributed by atoms with Gasteiger partial charge in [0.25, 0.3) is 0 Å². The number of nitrogens with zero attached hydrogens (tertiary/aromatic N) is 2. The molecule has 2 heterocycles. The van der Waals surface area contributed by atoms with E-state index in [9.17, 15) is 8.42 Å². The number of rotatable bonds is 6. The zero-order chi connectivity index (χ0) is 20.0. The van der Waals surface area contributed by atoms with Crippen molar-refractivity contribution in [2.45, 2.75) is 63.3 Å². The second-order valence-electron chi connectivity index (χ2n) is 7.96. The summed E-state index contributed by atoms with van der Waals surface area (Å²) < 4.78 is 25.7. The van der Waals surface area contributed by atoms with Crippen molar-refractivity contribution in [2.75, 3.05) is 32.4 Å². The second kappa shape index (κ2) is 11.3. The molecule has 1 saturated heterocycles. The van der Waals surface area contributed by atoms with E-state index in [0.29, 0.717) is 13.1 Å². The summed E-state index contributed by atoms with van der Waals surface area (Å²) in [6.45, 7) is 3.78. The van der Waals surface area contributed by atoms with Crippen molar-refractivity contribution < 1.29 is 8.42 Å². The summed E-state index contributed by atoms with van der Waals surface area (Å²) in [4.78, 5) is 5.91.